The quantitative estimate of drug-likeness (QED) is 0.646. The fraction of sp³-hybridized carbons (Fsp3) is 0.389. The summed E-state index contributed by atoms with van der Waals surface area (Å²) in [5.74, 6) is -1.17. The molecular formula is C18H22N2O3. The second-order valence-electron chi connectivity index (χ2n) is 5.87. The number of rotatable bonds is 6. The lowest BCUT2D eigenvalue weighted by molar-refractivity contribution is -0.144. The molecule has 0 fully saturated rings. The van der Waals surface area contributed by atoms with Gasteiger partial charge in [-0.15, -0.1) is 0 Å². The van der Waals surface area contributed by atoms with E-state index in [9.17, 15) is 9.59 Å². The SMILES string of the molecule is Cc1cccc(/C=C/C(=O)OCC(=O)N[C@@](C)(C#N)C(C)C)c1. The van der Waals surface area contributed by atoms with Crippen LogP contribution in [0.15, 0.2) is 30.3 Å². The molecule has 1 atom stereocenters. The van der Waals surface area contributed by atoms with E-state index in [0.717, 1.165) is 11.1 Å². The average molecular weight is 314 g/mol. The van der Waals surface area contributed by atoms with Gasteiger partial charge in [-0.3, -0.25) is 4.79 Å². The molecule has 0 radical (unpaired) electrons. The molecule has 5 heteroatoms. The molecule has 0 saturated heterocycles. The van der Waals surface area contributed by atoms with Crippen LogP contribution in [0.25, 0.3) is 6.08 Å². The van der Waals surface area contributed by atoms with Crippen LogP contribution in [-0.2, 0) is 14.3 Å². The maximum atomic E-state index is 11.8. The zero-order valence-corrected chi connectivity index (χ0v) is 13.9. The average Bonchev–Trinajstić information content (AvgIpc) is 2.50. The number of carbonyl (C=O) groups excluding carboxylic acids is 2. The largest absolute Gasteiger partial charge is 0.452 e. The standard InChI is InChI=1S/C18H22N2O3/c1-13(2)18(4,12-19)20-16(21)11-23-17(22)9-8-15-7-5-6-14(3)10-15/h5-10,13H,11H2,1-4H3,(H,20,21)/b9-8+/t18-/m0/s1. The van der Waals surface area contributed by atoms with E-state index in [-0.39, 0.29) is 5.92 Å². The fourth-order valence-electron chi connectivity index (χ4n) is 1.75. The van der Waals surface area contributed by atoms with Crippen LogP contribution in [0.4, 0.5) is 0 Å². The third-order valence-corrected chi connectivity index (χ3v) is 3.59. The van der Waals surface area contributed by atoms with E-state index < -0.39 is 24.0 Å². The number of carbonyl (C=O) groups is 2. The Labute approximate surface area is 137 Å². The highest BCUT2D eigenvalue weighted by atomic mass is 16.5. The van der Waals surface area contributed by atoms with Crippen molar-refractivity contribution in [2.24, 2.45) is 5.92 Å². The lowest BCUT2D eigenvalue weighted by Gasteiger charge is -2.27. The van der Waals surface area contributed by atoms with E-state index in [1.807, 2.05) is 45.0 Å². The molecule has 0 aliphatic rings. The normalized spacial score (nSPS) is 13.4. The van der Waals surface area contributed by atoms with E-state index in [1.165, 1.54) is 6.08 Å². The first-order valence-corrected chi connectivity index (χ1v) is 7.40. The second-order valence-corrected chi connectivity index (χ2v) is 5.87. The van der Waals surface area contributed by atoms with E-state index in [0.29, 0.717) is 0 Å². The number of nitriles is 1. The Morgan fingerprint density at radius 2 is 2.13 bits per heavy atom. The summed E-state index contributed by atoms with van der Waals surface area (Å²) in [6.45, 7) is 6.84. The Morgan fingerprint density at radius 1 is 1.43 bits per heavy atom. The minimum absolute atomic E-state index is 0.0617. The summed E-state index contributed by atoms with van der Waals surface area (Å²) in [5.41, 5.74) is 0.980. The topological polar surface area (TPSA) is 79.2 Å². The number of nitrogens with one attached hydrogen (secondary N) is 1. The number of aryl methyl sites for hydroxylation is 1. The van der Waals surface area contributed by atoms with Crippen LogP contribution in [0.3, 0.4) is 0 Å². The first-order chi connectivity index (χ1) is 10.8. The molecule has 1 rings (SSSR count). The molecule has 0 heterocycles. The zero-order valence-electron chi connectivity index (χ0n) is 13.9. The van der Waals surface area contributed by atoms with Crippen molar-refractivity contribution in [3.05, 3.63) is 41.5 Å². The predicted molar refractivity (Wildman–Crippen MR) is 88.2 cm³/mol. The van der Waals surface area contributed by atoms with Gasteiger partial charge in [0.2, 0.25) is 0 Å². The van der Waals surface area contributed by atoms with Crippen LogP contribution >= 0.6 is 0 Å². The van der Waals surface area contributed by atoms with E-state index >= 15 is 0 Å². The summed E-state index contributed by atoms with van der Waals surface area (Å²) in [4.78, 5) is 23.4. The maximum Gasteiger partial charge on any atom is 0.331 e. The second kappa shape index (κ2) is 8.14. The number of hydrogen-bond donors (Lipinski definition) is 1. The number of ether oxygens (including phenoxy) is 1. The minimum atomic E-state index is -0.985. The molecule has 0 aliphatic heterocycles. The lowest BCUT2D eigenvalue weighted by Crippen LogP contribution is -2.50. The van der Waals surface area contributed by atoms with Crippen LogP contribution in [0, 0.1) is 24.2 Å². The molecule has 0 saturated carbocycles. The number of nitrogens with zero attached hydrogens (tertiary/aromatic N) is 1. The molecule has 1 aromatic rings. The Hall–Kier alpha value is -2.61. The fourth-order valence-corrected chi connectivity index (χ4v) is 1.75. The monoisotopic (exact) mass is 314 g/mol. The van der Waals surface area contributed by atoms with Crippen LogP contribution < -0.4 is 5.32 Å². The summed E-state index contributed by atoms with van der Waals surface area (Å²) in [5, 5.41) is 11.7. The zero-order chi connectivity index (χ0) is 17.5. The molecule has 23 heavy (non-hydrogen) atoms. The van der Waals surface area contributed by atoms with E-state index in [2.05, 4.69) is 11.4 Å². The molecule has 0 aromatic heterocycles. The van der Waals surface area contributed by atoms with Crippen molar-refractivity contribution in [2.45, 2.75) is 33.2 Å². The molecule has 1 aromatic carbocycles. The van der Waals surface area contributed by atoms with Gasteiger partial charge in [0.15, 0.2) is 6.61 Å². The van der Waals surface area contributed by atoms with Crippen LogP contribution in [-0.4, -0.2) is 24.0 Å². The van der Waals surface area contributed by atoms with Crippen molar-refractivity contribution in [1.29, 1.82) is 5.26 Å². The van der Waals surface area contributed by atoms with Gasteiger partial charge in [-0.1, -0.05) is 43.7 Å². The summed E-state index contributed by atoms with van der Waals surface area (Å²) in [6.07, 6.45) is 2.90. The maximum absolute atomic E-state index is 11.8. The van der Waals surface area contributed by atoms with Gasteiger partial charge >= 0.3 is 5.97 Å². The van der Waals surface area contributed by atoms with Crippen molar-refractivity contribution in [2.75, 3.05) is 6.61 Å². The molecule has 0 spiro atoms. The van der Waals surface area contributed by atoms with Crippen LogP contribution in [0.5, 0.6) is 0 Å². The molecule has 0 aliphatic carbocycles. The predicted octanol–water partition coefficient (Wildman–Crippen LogP) is 2.61. The van der Waals surface area contributed by atoms with Gasteiger partial charge < -0.3 is 10.1 Å². The Bertz CT molecular complexity index is 644. The molecular weight excluding hydrogens is 292 g/mol. The highest BCUT2D eigenvalue weighted by Gasteiger charge is 2.30. The highest BCUT2D eigenvalue weighted by molar-refractivity contribution is 5.89. The van der Waals surface area contributed by atoms with Gasteiger partial charge in [0, 0.05) is 6.08 Å². The summed E-state index contributed by atoms with van der Waals surface area (Å²) < 4.78 is 4.88. The molecule has 0 bridgehead atoms. The van der Waals surface area contributed by atoms with Crippen molar-refractivity contribution >= 4 is 18.0 Å². The minimum Gasteiger partial charge on any atom is -0.452 e. The van der Waals surface area contributed by atoms with Crippen molar-refractivity contribution < 1.29 is 14.3 Å². The number of amides is 1. The van der Waals surface area contributed by atoms with E-state index in [1.54, 1.807) is 13.0 Å². The highest BCUT2D eigenvalue weighted by Crippen LogP contribution is 2.14. The molecule has 5 nitrogen and oxygen atoms in total. The number of hydrogen-bond acceptors (Lipinski definition) is 4. The van der Waals surface area contributed by atoms with Gasteiger partial charge in [0.05, 0.1) is 6.07 Å². The Kier molecular flexibility index (Phi) is 6.52. The summed E-state index contributed by atoms with van der Waals surface area (Å²) in [6, 6.07) is 9.71. The third kappa shape index (κ3) is 5.95. The van der Waals surface area contributed by atoms with Crippen molar-refractivity contribution in [3.63, 3.8) is 0 Å². The van der Waals surface area contributed by atoms with Crippen LogP contribution in [0.2, 0.25) is 0 Å². The summed E-state index contributed by atoms with van der Waals surface area (Å²) >= 11 is 0. The number of benzene rings is 1. The third-order valence-electron chi connectivity index (χ3n) is 3.59. The smallest absolute Gasteiger partial charge is 0.331 e. The van der Waals surface area contributed by atoms with Gasteiger partial charge in [-0.2, -0.15) is 5.26 Å². The van der Waals surface area contributed by atoms with Gasteiger partial charge in [-0.05, 0) is 31.4 Å². The lowest BCUT2D eigenvalue weighted by atomic mass is 9.90. The molecule has 1 amide bonds. The molecule has 1 N–H and O–H groups in total. The number of esters is 1. The molecule has 122 valence electrons. The van der Waals surface area contributed by atoms with Gasteiger partial charge in [-0.25, -0.2) is 4.79 Å². The first kappa shape index (κ1) is 18.4. The Balaban J connectivity index is 2.50. The van der Waals surface area contributed by atoms with Gasteiger partial charge in [0.1, 0.15) is 5.54 Å². The summed E-state index contributed by atoms with van der Waals surface area (Å²) in [7, 11) is 0. The Morgan fingerprint density at radius 3 is 2.70 bits per heavy atom. The van der Waals surface area contributed by atoms with Crippen molar-refractivity contribution in [1.82, 2.24) is 5.32 Å². The molecule has 0 unspecified atom stereocenters. The van der Waals surface area contributed by atoms with Crippen molar-refractivity contribution in [3.8, 4) is 6.07 Å². The van der Waals surface area contributed by atoms with Gasteiger partial charge in [0.25, 0.3) is 5.91 Å². The van der Waals surface area contributed by atoms with E-state index in [4.69, 9.17) is 10.00 Å². The first-order valence-electron chi connectivity index (χ1n) is 7.40. The van der Waals surface area contributed by atoms with Crippen LogP contribution in [0.1, 0.15) is 31.9 Å².